The van der Waals surface area contributed by atoms with Crippen molar-refractivity contribution in [3.8, 4) is 0 Å². The van der Waals surface area contributed by atoms with Gasteiger partial charge in [-0.2, -0.15) is 0 Å². The molecule has 1 amide bonds. The number of nitrogens with two attached hydrogens (primary N) is 1. The summed E-state index contributed by atoms with van der Waals surface area (Å²) in [5.74, 6) is -0.501. The van der Waals surface area contributed by atoms with E-state index in [0.29, 0.717) is 19.4 Å². The minimum absolute atomic E-state index is 0. The van der Waals surface area contributed by atoms with Crippen LogP contribution in [0.3, 0.4) is 0 Å². The molecule has 0 heterocycles. The molecule has 0 bridgehead atoms. The lowest BCUT2D eigenvalue weighted by Crippen LogP contribution is -2.42. The Labute approximate surface area is 165 Å². The molecule has 0 aliphatic carbocycles. The molecule has 0 aliphatic heterocycles. The normalized spacial score (nSPS) is 11.0. The van der Waals surface area contributed by atoms with Crippen LogP contribution in [0.15, 0.2) is 60.7 Å². The number of hydrogen-bond donors (Lipinski definition) is 2. The van der Waals surface area contributed by atoms with Crippen molar-refractivity contribution in [2.45, 2.75) is 32.1 Å². The number of carbonyl (C=O) groups is 2. The molecule has 6 nitrogen and oxygen atoms in total. The van der Waals surface area contributed by atoms with Gasteiger partial charge in [0.1, 0.15) is 19.3 Å². The minimum Gasteiger partial charge on any atom is -0.459 e. The van der Waals surface area contributed by atoms with E-state index < -0.39 is 18.1 Å². The average molecular weight is 393 g/mol. The zero-order valence-electron chi connectivity index (χ0n) is 15.0. The number of amides is 1. The summed E-state index contributed by atoms with van der Waals surface area (Å²) in [4.78, 5) is 24.3. The van der Waals surface area contributed by atoms with Crippen molar-refractivity contribution in [2.24, 2.45) is 5.73 Å². The zero-order valence-corrected chi connectivity index (χ0v) is 15.8. The summed E-state index contributed by atoms with van der Waals surface area (Å²) in [5.41, 5.74) is 7.26. The summed E-state index contributed by atoms with van der Waals surface area (Å²) < 4.78 is 10.5. The summed E-state index contributed by atoms with van der Waals surface area (Å²) in [6.45, 7) is 0.706. The van der Waals surface area contributed by atoms with Crippen LogP contribution in [0.4, 0.5) is 4.79 Å². The van der Waals surface area contributed by atoms with Crippen molar-refractivity contribution in [1.82, 2.24) is 5.32 Å². The number of halogens is 1. The van der Waals surface area contributed by atoms with Crippen molar-refractivity contribution < 1.29 is 19.1 Å². The number of benzene rings is 2. The Morgan fingerprint density at radius 1 is 0.889 bits per heavy atom. The molecule has 0 aromatic heterocycles. The van der Waals surface area contributed by atoms with Crippen LogP contribution in [0.25, 0.3) is 0 Å². The number of carbonyl (C=O) groups excluding carboxylic acids is 2. The lowest BCUT2D eigenvalue weighted by Gasteiger charge is -2.17. The topological polar surface area (TPSA) is 90.6 Å². The van der Waals surface area contributed by atoms with Crippen LogP contribution in [0.5, 0.6) is 0 Å². The van der Waals surface area contributed by atoms with E-state index in [2.05, 4.69) is 5.32 Å². The first-order valence-corrected chi connectivity index (χ1v) is 8.57. The molecule has 3 N–H and O–H groups in total. The summed E-state index contributed by atoms with van der Waals surface area (Å²) in [6.07, 6.45) is 0.321. The first kappa shape index (κ1) is 22.5. The molecule has 7 heteroatoms. The molecule has 0 spiro atoms. The van der Waals surface area contributed by atoms with Crippen LogP contribution in [0.2, 0.25) is 0 Å². The van der Waals surface area contributed by atoms with Crippen LogP contribution >= 0.6 is 12.4 Å². The highest BCUT2D eigenvalue weighted by Gasteiger charge is 2.22. The van der Waals surface area contributed by atoms with Gasteiger partial charge < -0.3 is 20.5 Å². The maximum Gasteiger partial charge on any atom is 0.408 e. The molecule has 0 radical (unpaired) electrons. The first-order chi connectivity index (χ1) is 12.7. The number of nitrogens with one attached hydrogen (secondary N) is 1. The van der Waals surface area contributed by atoms with E-state index >= 15 is 0 Å². The largest absolute Gasteiger partial charge is 0.459 e. The van der Waals surface area contributed by atoms with E-state index in [1.807, 2.05) is 60.7 Å². The van der Waals surface area contributed by atoms with Gasteiger partial charge in [0, 0.05) is 0 Å². The minimum atomic E-state index is -0.787. The van der Waals surface area contributed by atoms with E-state index in [-0.39, 0.29) is 25.6 Å². The highest BCUT2D eigenvalue weighted by Crippen LogP contribution is 2.06. The Morgan fingerprint density at radius 3 is 1.93 bits per heavy atom. The van der Waals surface area contributed by atoms with E-state index in [1.54, 1.807) is 0 Å². The molecule has 1 atom stereocenters. The fourth-order valence-corrected chi connectivity index (χ4v) is 2.31. The molecular weight excluding hydrogens is 368 g/mol. The Balaban J connectivity index is 0.00000364. The molecule has 27 heavy (non-hydrogen) atoms. The summed E-state index contributed by atoms with van der Waals surface area (Å²) in [7, 11) is 0. The summed E-state index contributed by atoms with van der Waals surface area (Å²) >= 11 is 0. The van der Waals surface area contributed by atoms with Crippen molar-refractivity contribution in [3.63, 3.8) is 0 Å². The second-order valence-corrected chi connectivity index (χ2v) is 5.78. The molecule has 146 valence electrons. The van der Waals surface area contributed by atoms with Gasteiger partial charge in [-0.05, 0) is 30.5 Å². The maximum absolute atomic E-state index is 12.3. The second-order valence-electron chi connectivity index (χ2n) is 5.78. The summed E-state index contributed by atoms with van der Waals surface area (Å²) in [5, 5.41) is 2.57. The molecule has 2 aromatic carbocycles. The van der Waals surface area contributed by atoms with Gasteiger partial charge in [0.2, 0.25) is 0 Å². The van der Waals surface area contributed by atoms with Crippen molar-refractivity contribution in [1.29, 1.82) is 0 Å². The Kier molecular flexibility index (Phi) is 10.6. The third-order valence-electron chi connectivity index (χ3n) is 3.71. The van der Waals surface area contributed by atoms with Gasteiger partial charge in [-0.15, -0.1) is 12.4 Å². The van der Waals surface area contributed by atoms with E-state index in [4.69, 9.17) is 15.2 Å². The monoisotopic (exact) mass is 392 g/mol. The maximum atomic E-state index is 12.3. The molecule has 0 aliphatic rings. The quantitative estimate of drug-likeness (QED) is 0.639. The molecule has 0 saturated carbocycles. The molecule has 2 rings (SSSR count). The van der Waals surface area contributed by atoms with Gasteiger partial charge in [-0.1, -0.05) is 60.7 Å². The van der Waals surface area contributed by atoms with E-state index in [9.17, 15) is 9.59 Å². The second kappa shape index (κ2) is 12.7. The molecular formula is C20H25ClN2O4. The van der Waals surface area contributed by atoms with E-state index in [0.717, 1.165) is 11.1 Å². The zero-order chi connectivity index (χ0) is 18.6. The third-order valence-corrected chi connectivity index (χ3v) is 3.71. The summed E-state index contributed by atoms with van der Waals surface area (Å²) in [6, 6.07) is 17.9. The Bertz CT molecular complexity index is 683. The molecule has 0 unspecified atom stereocenters. The smallest absolute Gasteiger partial charge is 0.408 e. The number of ether oxygens (including phenoxy) is 2. The number of rotatable bonds is 9. The van der Waals surface area contributed by atoms with E-state index in [1.165, 1.54) is 0 Å². The Hall–Kier alpha value is -2.57. The molecule has 2 aromatic rings. The van der Waals surface area contributed by atoms with Gasteiger partial charge >= 0.3 is 12.1 Å². The number of hydrogen-bond acceptors (Lipinski definition) is 5. The van der Waals surface area contributed by atoms with Gasteiger partial charge in [-0.3, -0.25) is 0 Å². The van der Waals surface area contributed by atoms with Gasteiger partial charge in [-0.25, -0.2) is 9.59 Å². The lowest BCUT2D eigenvalue weighted by molar-refractivity contribution is -0.147. The first-order valence-electron chi connectivity index (χ1n) is 8.57. The third kappa shape index (κ3) is 8.57. The van der Waals surface area contributed by atoms with Crippen LogP contribution < -0.4 is 11.1 Å². The fourth-order valence-electron chi connectivity index (χ4n) is 2.31. The highest BCUT2D eigenvalue weighted by atomic mass is 35.5. The number of alkyl carbamates (subject to hydrolysis) is 1. The highest BCUT2D eigenvalue weighted by molar-refractivity contribution is 5.85. The lowest BCUT2D eigenvalue weighted by atomic mass is 10.1. The van der Waals surface area contributed by atoms with Gasteiger partial charge in [0.25, 0.3) is 0 Å². The average Bonchev–Trinajstić information content (AvgIpc) is 2.69. The van der Waals surface area contributed by atoms with Crippen molar-refractivity contribution >= 4 is 24.5 Å². The van der Waals surface area contributed by atoms with Crippen LogP contribution in [0.1, 0.15) is 24.0 Å². The predicted octanol–water partition coefficient (Wildman–Crippen LogP) is 3.19. The van der Waals surface area contributed by atoms with Crippen LogP contribution in [-0.4, -0.2) is 24.6 Å². The fraction of sp³-hybridized carbons (Fsp3) is 0.300. The Morgan fingerprint density at radius 2 is 1.41 bits per heavy atom. The van der Waals surface area contributed by atoms with Crippen molar-refractivity contribution in [2.75, 3.05) is 6.54 Å². The standard InChI is InChI=1S/C20H24N2O4.ClH/c21-13-7-12-18(19(23)25-14-16-8-3-1-4-9-16)22-20(24)26-15-17-10-5-2-6-11-17;/h1-6,8-11,18H,7,12-15,21H2,(H,22,24);1H/t18-;/m0./s1. The molecule has 0 fully saturated rings. The van der Waals surface area contributed by atoms with Crippen molar-refractivity contribution in [3.05, 3.63) is 71.8 Å². The van der Waals surface area contributed by atoms with Crippen LogP contribution in [0, 0.1) is 0 Å². The predicted molar refractivity (Wildman–Crippen MR) is 105 cm³/mol. The van der Waals surface area contributed by atoms with Gasteiger partial charge in [0.05, 0.1) is 0 Å². The van der Waals surface area contributed by atoms with Crippen LogP contribution in [-0.2, 0) is 27.5 Å². The molecule has 0 saturated heterocycles. The SMILES string of the molecule is Cl.NCCC[C@H](NC(=O)OCc1ccccc1)C(=O)OCc1ccccc1. The van der Waals surface area contributed by atoms with Gasteiger partial charge in [0.15, 0.2) is 0 Å². The number of esters is 1.